The molecule has 0 spiro atoms. The number of rotatable bonds is 4. The standard InChI is InChI=1S/C11H20N2O4S/c14-11(5-10-7-12-2-3-17-10)13-6-9-1-4-18(15,16)8-9/h9-10,12H,1-8H2,(H,13,14). The molecule has 2 N–H and O–H groups in total. The molecule has 2 heterocycles. The van der Waals surface area contributed by atoms with E-state index in [1.165, 1.54) is 0 Å². The Morgan fingerprint density at radius 2 is 2.28 bits per heavy atom. The van der Waals surface area contributed by atoms with Crippen LogP contribution in [0.4, 0.5) is 0 Å². The first-order valence-corrected chi connectivity index (χ1v) is 8.17. The van der Waals surface area contributed by atoms with Crippen LogP contribution >= 0.6 is 0 Å². The topological polar surface area (TPSA) is 84.5 Å². The Bertz CT molecular complexity index is 390. The Morgan fingerprint density at radius 3 is 2.89 bits per heavy atom. The molecule has 7 heteroatoms. The second kappa shape index (κ2) is 5.99. The van der Waals surface area contributed by atoms with Gasteiger partial charge in [-0.05, 0) is 12.3 Å². The lowest BCUT2D eigenvalue weighted by Crippen LogP contribution is -2.42. The number of morpholine rings is 1. The average molecular weight is 276 g/mol. The molecule has 0 aromatic carbocycles. The molecule has 0 radical (unpaired) electrons. The first-order chi connectivity index (χ1) is 8.55. The van der Waals surface area contributed by atoms with E-state index in [4.69, 9.17) is 4.74 Å². The lowest BCUT2D eigenvalue weighted by molar-refractivity contribution is -0.124. The maximum atomic E-state index is 11.7. The van der Waals surface area contributed by atoms with Gasteiger partial charge in [0.2, 0.25) is 5.91 Å². The van der Waals surface area contributed by atoms with Gasteiger partial charge in [-0.1, -0.05) is 0 Å². The highest BCUT2D eigenvalue weighted by Crippen LogP contribution is 2.17. The quantitative estimate of drug-likeness (QED) is 0.682. The van der Waals surface area contributed by atoms with Crippen molar-refractivity contribution in [1.82, 2.24) is 10.6 Å². The van der Waals surface area contributed by atoms with Crippen molar-refractivity contribution >= 4 is 15.7 Å². The summed E-state index contributed by atoms with van der Waals surface area (Å²) >= 11 is 0. The number of nitrogens with one attached hydrogen (secondary N) is 2. The van der Waals surface area contributed by atoms with Crippen LogP contribution in [-0.2, 0) is 19.4 Å². The molecular formula is C11H20N2O4S. The lowest BCUT2D eigenvalue weighted by atomic mass is 10.1. The average Bonchev–Trinajstić information content (AvgIpc) is 2.68. The summed E-state index contributed by atoms with van der Waals surface area (Å²) in [5.41, 5.74) is 0. The third-order valence-electron chi connectivity index (χ3n) is 3.33. The molecule has 2 rings (SSSR count). The molecule has 0 aromatic rings. The van der Waals surface area contributed by atoms with Crippen molar-refractivity contribution in [3.05, 3.63) is 0 Å². The van der Waals surface area contributed by atoms with Gasteiger partial charge in [0.1, 0.15) is 0 Å². The van der Waals surface area contributed by atoms with E-state index in [-0.39, 0.29) is 29.4 Å². The Morgan fingerprint density at radius 1 is 1.44 bits per heavy atom. The number of hydrogen-bond acceptors (Lipinski definition) is 5. The lowest BCUT2D eigenvalue weighted by Gasteiger charge is -2.23. The zero-order chi connectivity index (χ0) is 13.0. The summed E-state index contributed by atoms with van der Waals surface area (Å²) in [6.45, 7) is 2.63. The Labute approximate surface area is 107 Å². The normalized spacial score (nSPS) is 31.1. The van der Waals surface area contributed by atoms with Crippen molar-refractivity contribution in [3.8, 4) is 0 Å². The number of amides is 1. The van der Waals surface area contributed by atoms with Crippen molar-refractivity contribution in [3.63, 3.8) is 0 Å². The van der Waals surface area contributed by atoms with Gasteiger partial charge in [0, 0.05) is 19.6 Å². The number of carbonyl (C=O) groups is 1. The zero-order valence-electron chi connectivity index (χ0n) is 10.4. The fourth-order valence-corrected chi connectivity index (χ4v) is 4.18. The summed E-state index contributed by atoms with van der Waals surface area (Å²) in [4.78, 5) is 11.7. The van der Waals surface area contributed by atoms with Crippen LogP contribution in [0.25, 0.3) is 0 Å². The predicted octanol–water partition coefficient (Wildman–Crippen LogP) is -1.08. The second-order valence-corrected chi connectivity index (χ2v) is 7.20. The van der Waals surface area contributed by atoms with Crippen LogP contribution < -0.4 is 10.6 Å². The van der Waals surface area contributed by atoms with E-state index < -0.39 is 9.84 Å². The summed E-state index contributed by atoms with van der Waals surface area (Å²) in [6, 6.07) is 0. The van der Waals surface area contributed by atoms with Gasteiger partial charge in [0.05, 0.1) is 30.6 Å². The molecule has 2 fully saturated rings. The predicted molar refractivity (Wildman–Crippen MR) is 67.0 cm³/mol. The van der Waals surface area contributed by atoms with Crippen molar-refractivity contribution in [2.75, 3.05) is 37.7 Å². The summed E-state index contributed by atoms with van der Waals surface area (Å²) in [6.07, 6.45) is 0.933. The number of hydrogen-bond donors (Lipinski definition) is 2. The molecule has 0 bridgehead atoms. The molecule has 0 aliphatic carbocycles. The van der Waals surface area contributed by atoms with Crippen LogP contribution in [0.5, 0.6) is 0 Å². The van der Waals surface area contributed by atoms with Gasteiger partial charge in [-0.3, -0.25) is 4.79 Å². The summed E-state index contributed by atoms with van der Waals surface area (Å²) in [5, 5.41) is 5.96. The smallest absolute Gasteiger partial charge is 0.222 e. The molecule has 6 nitrogen and oxygen atoms in total. The molecule has 2 aliphatic heterocycles. The SMILES string of the molecule is O=C(CC1CNCCO1)NCC1CCS(=O)(=O)C1. The zero-order valence-corrected chi connectivity index (χ0v) is 11.2. The maximum absolute atomic E-state index is 11.7. The van der Waals surface area contributed by atoms with E-state index in [2.05, 4.69) is 10.6 Å². The van der Waals surface area contributed by atoms with Gasteiger partial charge in [-0.2, -0.15) is 0 Å². The van der Waals surface area contributed by atoms with E-state index in [1.54, 1.807) is 0 Å². The highest BCUT2D eigenvalue weighted by atomic mass is 32.2. The summed E-state index contributed by atoms with van der Waals surface area (Å²) in [7, 11) is -2.86. The van der Waals surface area contributed by atoms with Crippen molar-refractivity contribution in [2.24, 2.45) is 5.92 Å². The Kier molecular flexibility index (Phi) is 4.58. The van der Waals surface area contributed by atoms with Crippen LogP contribution in [0, 0.1) is 5.92 Å². The number of ether oxygens (including phenoxy) is 1. The molecule has 2 atom stereocenters. The highest BCUT2D eigenvalue weighted by molar-refractivity contribution is 7.91. The van der Waals surface area contributed by atoms with E-state index in [0.29, 0.717) is 32.5 Å². The molecular weight excluding hydrogens is 256 g/mol. The van der Waals surface area contributed by atoms with Crippen LogP contribution in [-0.4, -0.2) is 58.2 Å². The van der Waals surface area contributed by atoms with Gasteiger partial charge in [-0.25, -0.2) is 8.42 Å². The number of sulfone groups is 1. The highest BCUT2D eigenvalue weighted by Gasteiger charge is 2.28. The van der Waals surface area contributed by atoms with E-state index >= 15 is 0 Å². The van der Waals surface area contributed by atoms with Crippen LogP contribution in [0.3, 0.4) is 0 Å². The molecule has 0 saturated carbocycles. The minimum absolute atomic E-state index is 0.0620. The summed E-state index contributed by atoms with van der Waals surface area (Å²) in [5.74, 6) is 0.468. The van der Waals surface area contributed by atoms with Gasteiger partial charge < -0.3 is 15.4 Å². The molecule has 1 amide bonds. The molecule has 18 heavy (non-hydrogen) atoms. The third-order valence-corrected chi connectivity index (χ3v) is 5.17. The maximum Gasteiger partial charge on any atom is 0.222 e. The molecule has 0 aromatic heterocycles. The largest absolute Gasteiger partial charge is 0.375 e. The molecule has 2 aliphatic rings. The van der Waals surface area contributed by atoms with Crippen molar-refractivity contribution in [1.29, 1.82) is 0 Å². The van der Waals surface area contributed by atoms with Crippen LogP contribution in [0.15, 0.2) is 0 Å². The first kappa shape index (κ1) is 13.8. The Hall–Kier alpha value is -0.660. The van der Waals surface area contributed by atoms with Gasteiger partial charge in [-0.15, -0.1) is 0 Å². The second-order valence-electron chi connectivity index (χ2n) is 4.97. The monoisotopic (exact) mass is 276 g/mol. The fraction of sp³-hybridized carbons (Fsp3) is 0.909. The van der Waals surface area contributed by atoms with E-state index in [1.807, 2.05) is 0 Å². The van der Waals surface area contributed by atoms with Gasteiger partial charge in [0.25, 0.3) is 0 Å². The van der Waals surface area contributed by atoms with Crippen LogP contribution in [0.1, 0.15) is 12.8 Å². The molecule has 2 unspecified atom stereocenters. The van der Waals surface area contributed by atoms with Crippen molar-refractivity contribution in [2.45, 2.75) is 18.9 Å². The van der Waals surface area contributed by atoms with E-state index in [9.17, 15) is 13.2 Å². The fourth-order valence-electron chi connectivity index (χ4n) is 2.32. The summed E-state index contributed by atoms with van der Waals surface area (Å²) < 4.78 is 28.0. The van der Waals surface area contributed by atoms with Gasteiger partial charge >= 0.3 is 0 Å². The minimum atomic E-state index is -2.86. The minimum Gasteiger partial charge on any atom is -0.375 e. The third kappa shape index (κ3) is 4.22. The number of carbonyl (C=O) groups excluding carboxylic acids is 1. The molecule has 104 valence electrons. The first-order valence-electron chi connectivity index (χ1n) is 6.34. The van der Waals surface area contributed by atoms with Crippen LogP contribution in [0.2, 0.25) is 0 Å². The van der Waals surface area contributed by atoms with E-state index in [0.717, 1.165) is 6.54 Å². The Balaban J connectivity index is 1.65. The molecule has 2 saturated heterocycles. The van der Waals surface area contributed by atoms with Crippen molar-refractivity contribution < 1.29 is 17.9 Å². The van der Waals surface area contributed by atoms with Gasteiger partial charge in [0.15, 0.2) is 9.84 Å².